The summed E-state index contributed by atoms with van der Waals surface area (Å²) in [6.45, 7) is 1.58. The van der Waals surface area contributed by atoms with Crippen LogP contribution in [0, 0.1) is 0 Å². The van der Waals surface area contributed by atoms with Gasteiger partial charge in [-0.25, -0.2) is 0 Å². The third-order valence-electron chi connectivity index (χ3n) is 5.97. The fourth-order valence-corrected chi connectivity index (χ4v) is 4.11. The van der Waals surface area contributed by atoms with Crippen molar-refractivity contribution >= 4 is 21.8 Å². The Labute approximate surface area is 210 Å². The fraction of sp³-hybridized carbons (Fsp3) is 0.133. The van der Waals surface area contributed by atoms with Crippen LogP contribution < -0.4 is 9.47 Å². The largest absolute Gasteiger partial charge is 0.497 e. The molecule has 0 atom stereocenters. The van der Waals surface area contributed by atoms with Gasteiger partial charge in [0.25, 0.3) is 0 Å². The highest BCUT2D eigenvalue weighted by Gasteiger charge is 2.05. The van der Waals surface area contributed by atoms with Crippen LogP contribution in [0.4, 0.5) is 0 Å². The van der Waals surface area contributed by atoms with Gasteiger partial charge in [0.1, 0.15) is 11.5 Å². The molecule has 0 radical (unpaired) electrons. The first-order valence-corrected chi connectivity index (χ1v) is 11.8. The first-order valence-electron chi connectivity index (χ1n) is 11.8. The van der Waals surface area contributed by atoms with E-state index in [1.54, 1.807) is 14.2 Å². The maximum Gasteiger partial charge on any atom is 0.119 e. The molecular formula is C30H28N4O2. The molecule has 0 aliphatic heterocycles. The van der Waals surface area contributed by atoms with Gasteiger partial charge in [0.2, 0.25) is 0 Å². The van der Waals surface area contributed by atoms with Crippen molar-refractivity contribution in [2.24, 2.45) is 0 Å². The van der Waals surface area contributed by atoms with Gasteiger partial charge in [-0.05, 0) is 47.5 Å². The molecule has 6 heteroatoms. The van der Waals surface area contributed by atoms with Crippen molar-refractivity contribution in [1.29, 1.82) is 0 Å². The number of methoxy groups -OCH3 is 2. The van der Waals surface area contributed by atoms with Crippen LogP contribution in [0.2, 0.25) is 0 Å². The lowest BCUT2D eigenvalue weighted by atomic mass is 10.2. The summed E-state index contributed by atoms with van der Waals surface area (Å²) < 4.78 is 14.4. The summed E-state index contributed by atoms with van der Waals surface area (Å²) >= 11 is 0. The summed E-state index contributed by atoms with van der Waals surface area (Å²) in [5, 5.41) is 11.2. The van der Waals surface area contributed by atoms with E-state index in [0.29, 0.717) is 0 Å². The normalized spacial score (nSPS) is 10.7. The van der Waals surface area contributed by atoms with Crippen LogP contribution in [0.1, 0.15) is 11.1 Å². The summed E-state index contributed by atoms with van der Waals surface area (Å²) in [6.07, 6.45) is 3.92. The number of benzene rings is 4. The molecule has 0 saturated heterocycles. The lowest BCUT2D eigenvalue weighted by Crippen LogP contribution is -2.00. The van der Waals surface area contributed by atoms with Crippen molar-refractivity contribution in [3.8, 4) is 11.5 Å². The van der Waals surface area contributed by atoms with Crippen molar-refractivity contribution in [2.75, 3.05) is 14.2 Å². The molecule has 0 spiro atoms. The number of hydrogen-bond acceptors (Lipinski definition) is 4. The number of ether oxygens (including phenoxy) is 2. The minimum atomic E-state index is 0.788. The van der Waals surface area contributed by atoms with Gasteiger partial charge >= 0.3 is 0 Å². The second kappa shape index (κ2) is 10.8. The van der Waals surface area contributed by atoms with Crippen molar-refractivity contribution < 1.29 is 9.47 Å². The van der Waals surface area contributed by atoms with Gasteiger partial charge in [-0.1, -0.05) is 60.7 Å². The average Bonchev–Trinajstić information content (AvgIpc) is 3.52. The lowest BCUT2D eigenvalue weighted by Gasteiger charge is -2.04. The zero-order chi connectivity index (χ0) is 24.7. The highest BCUT2D eigenvalue weighted by atomic mass is 16.5. The second-order valence-corrected chi connectivity index (χ2v) is 8.45. The number of nitrogens with zero attached hydrogens (tertiary/aromatic N) is 4. The Balaban J connectivity index is 0.000000148. The Morgan fingerprint density at radius 1 is 0.667 bits per heavy atom. The lowest BCUT2D eigenvalue weighted by molar-refractivity contribution is 0.415. The number of rotatable bonds is 6. The van der Waals surface area contributed by atoms with E-state index in [4.69, 9.17) is 9.47 Å². The van der Waals surface area contributed by atoms with Crippen LogP contribution in [0.15, 0.2) is 109 Å². The molecule has 0 unspecified atom stereocenters. The highest BCUT2D eigenvalue weighted by molar-refractivity contribution is 5.80. The zero-order valence-electron chi connectivity index (χ0n) is 20.4. The highest BCUT2D eigenvalue weighted by Crippen LogP contribution is 2.21. The fourth-order valence-electron chi connectivity index (χ4n) is 4.11. The Morgan fingerprint density at radius 3 is 1.94 bits per heavy atom. The van der Waals surface area contributed by atoms with Gasteiger partial charge < -0.3 is 9.47 Å². The van der Waals surface area contributed by atoms with Crippen molar-refractivity contribution in [3.05, 3.63) is 121 Å². The van der Waals surface area contributed by atoms with Crippen LogP contribution in [0.25, 0.3) is 21.8 Å². The molecule has 0 bridgehead atoms. The quantitative estimate of drug-likeness (QED) is 0.288. The van der Waals surface area contributed by atoms with Crippen LogP contribution >= 0.6 is 0 Å². The van der Waals surface area contributed by atoms with Gasteiger partial charge in [-0.2, -0.15) is 10.2 Å². The van der Waals surface area contributed by atoms with E-state index in [-0.39, 0.29) is 0 Å². The monoisotopic (exact) mass is 476 g/mol. The molecular weight excluding hydrogens is 448 g/mol. The van der Waals surface area contributed by atoms with E-state index in [2.05, 4.69) is 34.5 Å². The summed E-state index contributed by atoms with van der Waals surface area (Å²) in [5.41, 5.74) is 4.61. The minimum absolute atomic E-state index is 0.788. The predicted molar refractivity (Wildman–Crippen MR) is 144 cm³/mol. The van der Waals surface area contributed by atoms with Crippen molar-refractivity contribution in [2.45, 2.75) is 13.1 Å². The van der Waals surface area contributed by atoms with E-state index in [1.807, 2.05) is 94.6 Å². The molecule has 0 fully saturated rings. The SMILES string of the molecule is COc1ccc2c(cnn2Cc2ccccc2)c1.COc1ccc2nn(Cc3ccccc3)cc2c1. The van der Waals surface area contributed by atoms with Crippen LogP contribution in [-0.2, 0) is 13.1 Å². The van der Waals surface area contributed by atoms with Gasteiger partial charge in [0.15, 0.2) is 0 Å². The number of hydrogen-bond donors (Lipinski definition) is 0. The topological polar surface area (TPSA) is 54.1 Å². The van der Waals surface area contributed by atoms with Crippen molar-refractivity contribution in [3.63, 3.8) is 0 Å². The van der Waals surface area contributed by atoms with E-state index < -0.39 is 0 Å². The molecule has 4 aromatic carbocycles. The van der Waals surface area contributed by atoms with E-state index >= 15 is 0 Å². The third-order valence-corrected chi connectivity index (χ3v) is 5.97. The molecule has 180 valence electrons. The standard InChI is InChI=1S/2C15H14N2O/c1-18-14-7-8-15-13(9-14)10-16-17(15)11-12-5-3-2-4-6-12;1-18-14-7-8-15-13(9-14)11-17(16-15)10-12-5-3-2-4-6-12/h2-10H,11H2,1H3;2-9,11H,10H2,1H3. The Hall–Kier alpha value is -4.58. The van der Waals surface area contributed by atoms with Gasteiger partial charge in [-0.3, -0.25) is 9.36 Å². The second-order valence-electron chi connectivity index (χ2n) is 8.45. The van der Waals surface area contributed by atoms with Crippen LogP contribution in [0.3, 0.4) is 0 Å². The van der Waals surface area contributed by atoms with Crippen LogP contribution in [-0.4, -0.2) is 33.8 Å². The Morgan fingerprint density at radius 2 is 1.28 bits per heavy atom. The number of aromatic nitrogens is 4. The molecule has 0 N–H and O–H groups in total. The molecule has 36 heavy (non-hydrogen) atoms. The van der Waals surface area contributed by atoms with Crippen LogP contribution in [0.5, 0.6) is 11.5 Å². The molecule has 0 aliphatic rings. The molecule has 0 saturated carbocycles. The molecule has 2 heterocycles. The Kier molecular flexibility index (Phi) is 6.94. The summed E-state index contributed by atoms with van der Waals surface area (Å²) in [6, 6.07) is 32.6. The molecule has 2 aromatic heterocycles. The Bertz CT molecular complexity index is 1550. The molecule has 6 aromatic rings. The molecule has 0 aliphatic carbocycles. The van der Waals surface area contributed by atoms with Crippen molar-refractivity contribution in [1.82, 2.24) is 19.6 Å². The van der Waals surface area contributed by atoms with Gasteiger partial charge in [-0.15, -0.1) is 0 Å². The first kappa shape index (κ1) is 23.2. The van der Waals surface area contributed by atoms with E-state index in [1.165, 1.54) is 11.1 Å². The molecule has 6 rings (SSSR count). The smallest absolute Gasteiger partial charge is 0.119 e. The summed E-state index contributed by atoms with van der Waals surface area (Å²) in [5.74, 6) is 1.73. The molecule has 6 nitrogen and oxygen atoms in total. The van der Waals surface area contributed by atoms with Gasteiger partial charge in [0, 0.05) is 17.0 Å². The predicted octanol–water partition coefficient (Wildman–Crippen LogP) is 6.19. The first-order chi connectivity index (χ1) is 17.7. The molecule has 0 amide bonds. The van der Waals surface area contributed by atoms with E-state index in [0.717, 1.165) is 46.4 Å². The maximum absolute atomic E-state index is 5.21. The maximum atomic E-state index is 5.21. The summed E-state index contributed by atoms with van der Waals surface area (Å²) in [4.78, 5) is 0. The van der Waals surface area contributed by atoms with Gasteiger partial charge in [0.05, 0.1) is 44.5 Å². The average molecular weight is 477 g/mol. The number of fused-ring (bicyclic) bond motifs is 2. The minimum Gasteiger partial charge on any atom is -0.497 e. The summed E-state index contributed by atoms with van der Waals surface area (Å²) in [7, 11) is 3.35. The third kappa shape index (κ3) is 5.39. The van der Waals surface area contributed by atoms with E-state index in [9.17, 15) is 0 Å². The zero-order valence-corrected chi connectivity index (χ0v) is 20.4.